The van der Waals surface area contributed by atoms with E-state index >= 15 is 0 Å². The number of hydrogen-bond acceptors (Lipinski definition) is 3. The molecule has 1 fully saturated rings. The standard InChI is InChI=1S/C25H28F2N4O/c1-23(30-22(29)31(3)4,19-6-5-7-20(14-19)25(16-28)12-13-25)21(15-32)17-8-10-18(11-9-17)24(2,26)27/h5-11,14-15,21H,12-13H2,1-4H3,(H2,29,30). The van der Waals surface area contributed by atoms with Gasteiger partial charge in [-0.3, -0.25) is 0 Å². The molecule has 1 saturated carbocycles. The molecule has 1 aliphatic carbocycles. The Bertz CT molecular complexity index is 1060. The fourth-order valence-electron chi connectivity index (χ4n) is 3.89. The van der Waals surface area contributed by atoms with Gasteiger partial charge in [0.15, 0.2) is 5.96 Å². The number of aldehydes is 1. The zero-order valence-electron chi connectivity index (χ0n) is 18.8. The van der Waals surface area contributed by atoms with Crippen LogP contribution < -0.4 is 5.73 Å². The topological polar surface area (TPSA) is 82.5 Å². The lowest BCUT2D eigenvalue weighted by molar-refractivity contribution is -0.110. The molecule has 0 spiro atoms. The highest BCUT2D eigenvalue weighted by atomic mass is 19.3. The lowest BCUT2D eigenvalue weighted by Gasteiger charge is -2.34. The fourth-order valence-corrected chi connectivity index (χ4v) is 3.89. The van der Waals surface area contributed by atoms with E-state index in [-0.39, 0.29) is 11.5 Å². The van der Waals surface area contributed by atoms with Gasteiger partial charge in [0.25, 0.3) is 5.92 Å². The molecule has 5 nitrogen and oxygen atoms in total. The van der Waals surface area contributed by atoms with Gasteiger partial charge >= 0.3 is 0 Å². The van der Waals surface area contributed by atoms with Crippen molar-refractivity contribution in [3.63, 3.8) is 0 Å². The molecule has 0 amide bonds. The Balaban J connectivity index is 2.15. The minimum absolute atomic E-state index is 0.129. The molecular formula is C25H28F2N4O. The van der Waals surface area contributed by atoms with E-state index in [4.69, 9.17) is 10.7 Å². The van der Waals surface area contributed by atoms with Crippen LogP contribution in [0.1, 0.15) is 54.9 Å². The van der Waals surface area contributed by atoms with Crippen LogP contribution in [-0.2, 0) is 21.7 Å². The highest BCUT2D eigenvalue weighted by Gasteiger charge is 2.46. The number of rotatable bonds is 7. The van der Waals surface area contributed by atoms with Gasteiger partial charge in [0, 0.05) is 26.6 Å². The van der Waals surface area contributed by atoms with E-state index in [1.54, 1.807) is 25.9 Å². The van der Waals surface area contributed by atoms with Crippen LogP contribution >= 0.6 is 0 Å². The van der Waals surface area contributed by atoms with Crippen molar-refractivity contribution in [1.82, 2.24) is 4.90 Å². The van der Waals surface area contributed by atoms with Crippen molar-refractivity contribution in [1.29, 1.82) is 5.26 Å². The summed E-state index contributed by atoms with van der Waals surface area (Å²) in [5.74, 6) is -3.54. The maximum Gasteiger partial charge on any atom is 0.270 e. The minimum atomic E-state index is -2.98. The molecule has 1 aliphatic rings. The Morgan fingerprint density at radius 2 is 1.81 bits per heavy atom. The Morgan fingerprint density at radius 1 is 1.19 bits per heavy atom. The molecule has 2 aromatic carbocycles. The van der Waals surface area contributed by atoms with E-state index in [0.29, 0.717) is 5.56 Å². The molecule has 7 heteroatoms. The number of hydrogen-bond donors (Lipinski definition) is 1. The van der Waals surface area contributed by atoms with Crippen LogP contribution in [0.4, 0.5) is 8.78 Å². The van der Waals surface area contributed by atoms with Crippen LogP contribution in [0.5, 0.6) is 0 Å². The number of aliphatic imine (C=N–C) groups is 1. The first-order valence-corrected chi connectivity index (χ1v) is 10.5. The number of nitrogens with two attached hydrogens (primary N) is 1. The SMILES string of the molecule is CN(C)C(N)=NC(C)(c1cccc(C2(C#N)CC2)c1)C(C=O)c1ccc(C(C)(F)F)cc1. The summed E-state index contributed by atoms with van der Waals surface area (Å²) in [5.41, 5.74) is 6.58. The Hall–Kier alpha value is -3.27. The Morgan fingerprint density at radius 3 is 2.28 bits per heavy atom. The summed E-state index contributed by atoms with van der Waals surface area (Å²) in [6.45, 7) is 2.63. The predicted octanol–water partition coefficient (Wildman–Crippen LogP) is 4.43. The first-order chi connectivity index (χ1) is 15.0. The predicted molar refractivity (Wildman–Crippen MR) is 120 cm³/mol. The number of nitriles is 1. The monoisotopic (exact) mass is 438 g/mol. The van der Waals surface area contributed by atoms with Gasteiger partial charge in [-0.25, -0.2) is 13.8 Å². The molecule has 0 radical (unpaired) electrons. The summed E-state index contributed by atoms with van der Waals surface area (Å²) in [6.07, 6.45) is 2.35. The first-order valence-electron chi connectivity index (χ1n) is 10.5. The second-order valence-corrected chi connectivity index (χ2v) is 8.91. The zero-order valence-corrected chi connectivity index (χ0v) is 18.8. The molecule has 2 unspecified atom stereocenters. The van der Waals surface area contributed by atoms with Gasteiger partial charge in [0.2, 0.25) is 0 Å². The minimum Gasteiger partial charge on any atom is -0.370 e. The molecule has 0 heterocycles. The van der Waals surface area contributed by atoms with Crippen LogP contribution in [0.25, 0.3) is 0 Å². The Labute approximate surface area is 187 Å². The molecule has 0 aliphatic heterocycles. The summed E-state index contributed by atoms with van der Waals surface area (Å²) >= 11 is 0. The second kappa shape index (κ2) is 8.34. The van der Waals surface area contributed by atoms with Crippen molar-refractivity contribution < 1.29 is 13.6 Å². The van der Waals surface area contributed by atoms with Gasteiger partial charge in [-0.15, -0.1) is 0 Å². The van der Waals surface area contributed by atoms with Crippen molar-refractivity contribution >= 4 is 12.2 Å². The normalized spacial score (nSPS) is 18.2. The van der Waals surface area contributed by atoms with Gasteiger partial charge in [0.1, 0.15) is 11.8 Å². The van der Waals surface area contributed by atoms with Crippen molar-refractivity contribution in [2.75, 3.05) is 14.1 Å². The molecule has 0 aromatic heterocycles. The number of carbonyl (C=O) groups excluding carboxylic acids is 1. The fraction of sp³-hybridized carbons (Fsp3) is 0.400. The summed E-state index contributed by atoms with van der Waals surface area (Å²) in [4.78, 5) is 18.8. The van der Waals surface area contributed by atoms with Crippen molar-refractivity contribution in [3.8, 4) is 6.07 Å². The third-order valence-electron chi connectivity index (χ3n) is 6.29. The third-order valence-corrected chi connectivity index (χ3v) is 6.29. The van der Waals surface area contributed by atoms with Gasteiger partial charge < -0.3 is 15.4 Å². The van der Waals surface area contributed by atoms with Gasteiger partial charge in [-0.2, -0.15) is 5.26 Å². The smallest absolute Gasteiger partial charge is 0.270 e. The first kappa shape index (κ1) is 23.4. The number of benzene rings is 2. The maximum atomic E-state index is 13.7. The largest absolute Gasteiger partial charge is 0.370 e. The summed E-state index contributed by atoms with van der Waals surface area (Å²) < 4.78 is 27.4. The molecule has 2 aromatic rings. The molecule has 0 bridgehead atoms. The van der Waals surface area contributed by atoms with Crippen LogP contribution in [0.3, 0.4) is 0 Å². The Kier molecular flexibility index (Phi) is 6.10. The molecule has 2 N–H and O–H groups in total. The number of halogens is 2. The van der Waals surface area contributed by atoms with Crippen LogP contribution in [0, 0.1) is 11.3 Å². The highest BCUT2D eigenvalue weighted by molar-refractivity contribution is 5.79. The van der Waals surface area contributed by atoms with Crippen LogP contribution in [0.2, 0.25) is 0 Å². The highest BCUT2D eigenvalue weighted by Crippen LogP contribution is 2.49. The van der Waals surface area contributed by atoms with E-state index in [1.165, 1.54) is 24.3 Å². The maximum absolute atomic E-state index is 13.7. The molecule has 2 atom stereocenters. The van der Waals surface area contributed by atoms with E-state index < -0.39 is 22.8 Å². The number of guanidine groups is 1. The summed E-state index contributed by atoms with van der Waals surface area (Å²) in [5, 5.41) is 9.63. The van der Waals surface area contributed by atoms with Crippen LogP contribution in [-0.4, -0.2) is 31.2 Å². The lowest BCUT2D eigenvalue weighted by Crippen LogP contribution is -2.38. The van der Waals surface area contributed by atoms with Crippen molar-refractivity contribution in [2.24, 2.45) is 10.7 Å². The molecule has 3 rings (SSSR count). The number of alkyl halides is 2. The molecule has 168 valence electrons. The van der Waals surface area contributed by atoms with Crippen molar-refractivity contribution in [3.05, 3.63) is 70.8 Å². The van der Waals surface area contributed by atoms with Gasteiger partial charge in [-0.1, -0.05) is 48.5 Å². The van der Waals surface area contributed by atoms with Crippen molar-refractivity contribution in [2.45, 2.75) is 49.5 Å². The van der Waals surface area contributed by atoms with Gasteiger partial charge in [0.05, 0.1) is 17.4 Å². The third kappa shape index (κ3) is 4.36. The summed E-state index contributed by atoms with van der Waals surface area (Å²) in [7, 11) is 3.50. The molecule has 32 heavy (non-hydrogen) atoms. The molecule has 0 saturated heterocycles. The number of carbonyl (C=O) groups is 1. The van der Waals surface area contributed by atoms with E-state index in [1.807, 2.05) is 24.3 Å². The van der Waals surface area contributed by atoms with E-state index in [9.17, 15) is 18.8 Å². The lowest BCUT2D eigenvalue weighted by atomic mass is 9.75. The zero-order chi connectivity index (χ0) is 23.7. The number of nitrogens with zero attached hydrogens (tertiary/aromatic N) is 3. The average Bonchev–Trinajstić information content (AvgIpc) is 3.55. The molecular weight excluding hydrogens is 410 g/mol. The van der Waals surface area contributed by atoms with E-state index in [0.717, 1.165) is 37.2 Å². The van der Waals surface area contributed by atoms with Gasteiger partial charge in [-0.05, 0) is 36.5 Å². The van der Waals surface area contributed by atoms with Crippen LogP contribution in [0.15, 0.2) is 53.5 Å². The van der Waals surface area contributed by atoms with E-state index in [2.05, 4.69) is 6.07 Å². The quantitative estimate of drug-likeness (QED) is 0.394. The second-order valence-electron chi connectivity index (χ2n) is 8.91. The average molecular weight is 439 g/mol. The summed E-state index contributed by atoms with van der Waals surface area (Å²) in [6, 6.07) is 15.6.